The lowest BCUT2D eigenvalue weighted by atomic mass is 9.67. The fourth-order valence-corrected chi connectivity index (χ4v) is 6.27. The van der Waals surface area contributed by atoms with E-state index in [2.05, 4.69) is 4.98 Å². The number of Topliss-reactive ketones (excluding diaryl/α,β-unsaturated/α-hetero) is 1. The number of nitrogens with one attached hydrogen (secondary N) is 1. The molecule has 216 valence electrons. The van der Waals surface area contributed by atoms with E-state index in [4.69, 9.17) is 15.2 Å². The summed E-state index contributed by atoms with van der Waals surface area (Å²) in [6.45, 7) is 0.278. The number of methoxy groups -OCH3 is 2. The number of carbonyl (C=O) groups is 2. The number of aromatic amines is 1. The molecule has 2 saturated carbocycles. The van der Waals surface area contributed by atoms with E-state index in [0.717, 1.165) is 30.4 Å². The van der Waals surface area contributed by atoms with Gasteiger partial charge in [0.15, 0.2) is 17.2 Å². The number of amides is 1. The summed E-state index contributed by atoms with van der Waals surface area (Å²) in [4.78, 5) is 56.9. The molecule has 3 N–H and O–H groups in total. The van der Waals surface area contributed by atoms with Gasteiger partial charge < -0.3 is 20.1 Å². The van der Waals surface area contributed by atoms with Crippen LogP contribution in [0.2, 0.25) is 0 Å². The van der Waals surface area contributed by atoms with Crippen molar-refractivity contribution in [3.8, 4) is 11.5 Å². The lowest BCUT2D eigenvalue weighted by Gasteiger charge is -2.39. The number of H-pyrrole nitrogens is 1. The minimum absolute atomic E-state index is 0.0481. The Bertz CT molecular complexity index is 1530. The summed E-state index contributed by atoms with van der Waals surface area (Å²) in [5.41, 5.74) is 6.80. The zero-order valence-corrected chi connectivity index (χ0v) is 23.4. The zero-order chi connectivity index (χ0) is 29.1. The Morgan fingerprint density at radius 2 is 1.66 bits per heavy atom. The van der Waals surface area contributed by atoms with Crippen LogP contribution in [0.25, 0.3) is 0 Å². The molecule has 3 aromatic rings. The van der Waals surface area contributed by atoms with E-state index in [9.17, 15) is 19.2 Å². The zero-order valence-electron chi connectivity index (χ0n) is 23.4. The van der Waals surface area contributed by atoms with Crippen LogP contribution in [0.3, 0.4) is 0 Å². The SMILES string of the molecule is COc1ccc(CCN(C(=O)C2CC3CCCC(C2)C3=O)c2c(N)n(Cc3ccccc3)c(=O)[nH]c2=O)cc1OC. The number of ether oxygens (including phenoxy) is 2. The summed E-state index contributed by atoms with van der Waals surface area (Å²) < 4.78 is 12.1. The second kappa shape index (κ2) is 12.0. The lowest BCUT2D eigenvalue weighted by Crippen LogP contribution is -2.47. The third-order valence-corrected chi connectivity index (χ3v) is 8.40. The molecule has 2 aliphatic carbocycles. The average molecular weight is 561 g/mol. The molecule has 0 spiro atoms. The third-order valence-electron chi connectivity index (χ3n) is 8.40. The van der Waals surface area contributed by atoms with Crippen molar-refractivity contribution in [3.63, 3.8) is 0 Å². The number of hydrogen-bond acceptors (Lipinski definition) is 7. The normalized spacial score (nSPS) is 20.0. The summed E-state index contributed by atoms with van der Waals surface area (Å²) in [5.74, 6) is 0.380. The minimum Gasteiger partial charge on any atom is -0.493 e. The fraction of sp³-hybridized carbons (Fsp3) is 0.419. The summed E-state index contributed by atoms with van der Waals surface area (Å²) in [6.07, 6.45) is 3.87. The lowest BCUT2D eigenvalue weighted by molar-refractivity contribution is -0.136. The van der Waals surface area contributed by atoms with Crippen LogP contribution in [0.5, 0.6) is 11.5 Å². The van der Waals surface area contributed by atoms with Crippen molar-refractivity contribution >= 4 is 23.2 Å². The van der Waals surface area contributed by atoms with E-state index in [0.29, 0.717) is 30.8 Å². The topological polar surface area (TPSA) is 137 Å². The maximum Gasteiger partial charge on any atom is 0.330 e. The van der Waals surface area contributed by atoms with Gasteiger partial charge in [0.05, 0.1) is 20.8 Å². The van der Waals surface area contributed by atoms with Crippen LogP contribution in [-0.4, -0.2) is 42.0 Å². The Hall–Kier alpha value is -4.34. The van der Waals surface area contributed by atoms with Crippen LogP contribution in [0.1, 0.15) is 43.2 Å². The van der Waals surface area contributed by atoms with Crippen molar-refractivity contribution < 1.29 is 19.1 Å². The number of anilines is 2. The van der Waals surface area contributed by atoms with E-state index in [-0.39, 0.29) is 48.1 Å². The maximum atomic E-state index is 14.2. The third kappa shape index (κ3) is 5.77. The molecule has 2 fully saturated rings. The Morgan fingerprint density at radius 1 is 0.976 bits per heavy atom. The van der Waals surface area contributed by atoms with E-state index < -0.39 is 17.2 Å². The maximum absolute atomic E-state index is 14.2. The highest BCUT2D eigenvalue weighted by atomic mass is 16.5. The molecule has 0 saturated heterocycles. The van der Waals surface area contributed by atoms with Gasteiger partial charge in [-0.05, 0) is 55.4 Å². The second-order valence-electron chi connectivity index (χ2n) is 10.9. The number of nitrogen functional groups attached to an aromatic ring is 1. The number of fused-ring (bicyclic) bond motifs is 2. The Kier molecular flexibility index (Phi) is 8.28. The molecule has 1 aromatic heterocycles. The minimum atomic E-state index is -0.718. The molecular formula is C31H36N4O6. The smallest absolute Gasteiger partial charge is 0.330 e. The van der Waals surface area contributed by atoms with Gasteiger partial charge in [-0.3, -0.25) is 23.9 Å². The van der Waals surface area contributed by atoms with Gasteiger partial charge in [-0.1, -0.05) is 42.8 Å². The number of ketones is 1. The van der Waals surface area contributed by atoms with Crippen molar-refractivity contribution in [1.29, 1.82) is 0 Å². The highest BCUT2D eigenvalue weighted by Gasteiger charge is 2.43. The van der Waals surface area contributed by atoms with Crippen LogP contribution in [0.4, 0.5) is 11.5 Å². The number of hydrogen-bond donors (Lipinski definition) is 2. The van der Waals surface area contributed by atoms with E-state index in [1.54, 1.807) is 20.3 Å². The standard InChI is InChI=1S/C31H36N4O6/c1-40-24-12-11-19(15-25(24)41-2)13-14-34(30(38)23-16-21-9-6-10-22(17-23)27(21)36)26-28(32)35(31(39)33-29(26)37)18-20-7-4-3-5-8-20/h3-5,7-8,11-12,15,21-23H,6,9-10,13-14,16-18,32H2,1-2H3,(H,33,37,39). The van der Waals surface area contributed by atoms with Crippen molar-refractivity contribution in [1.82, 2.24) is 9.55 Å². The molecule has 1 heterocycles. The number of nitrogens with zero attached hydrogens (tertiary/aromatic N) is 2. The molecule has 2 bridgehead atoms. The monoisotopic (exact) mass is 560 g/mol. The predicted octanol–water partition coefficient (Wildman–Crippen LogP) is 3.16. The summed E-state index contributed by atoms with van der Waals surface area (Å²) in [7, 11) is 3.11. The Morgan fingerprint density at radius 3 is 2.32 bits per heavy atom. The first-order valence-corrected chi connectivity index (χ1v) is 14.0. The number of benzene rings is 2. The highest BCUT2D eigenvalue weighted by molar-refractivity contribution is 5.98. The first kappa shape index (κ1) is 28.2. The number of carbonyl (C=O) groups excluding carboxylic acids is 2. The largest absolute Gasteiger partial charge is 0.493 e. The first-order chi connectivity index (χ1) is 19.8. The summed E-state index contributed by atoms with van der Waals surface area (Å²) in [6, 6.07) is 14.8. The van der Waals surface area contributed by atoms with Gasteiger partial charge in [-0.2, -0.15) is 0 Å². The van der Waals surface area contributed by atoms with Gasteiger partial charge in [-0.15, -0.1) is 0 Å². The van der Waals surface area contributed by atoms with Gasteiger partial charge >= 0.3 is 5.69 Å². The predicted molar refractivity (Wildman–Crippen MR) is 155 cm³/mol. The first-order valence-electron chi connectivity index (χ1n) is 14.0. The molecule has 10 heteroatoms. The second-order valence-corrected chi connectivity index (χ2v) is 10.9. The van der Waals surface area contributed by atoms with Crippen LogP contribution in [0.15, 0.2) is 58.1 Å². The number of nitrogens with two attached hydrogens (primary N) is 1. The summed E-state index contributed by atoms with van der Waals surface area (Å²) in [5, 5.41) is 0. The van der Waals surface area contributed by atoms with E-state index in [1.165, 1.54) is 9.47 Å². The Balaban J connectivity index is 1.52. The van der Waals surface area contributed by atoms with Gasteiger partial charge in [-0.25, -0.2) is 4.79 Å². The van der Waals surface area contributed by atoms with Crippen LogP contribution in [-0.2, 0) is 22.6 Å². The fourth-order valence-electron chi connectivity index (χ4n) is 6.27. The molecule has 2 aliphatic rings. The highest BCUT2D eigenvalue weighted by Crippen LogP contribution is 2.41. The van der Waals surface area contributed by atoms with E-state index >= 15 is 0 Å². The van der Waals surface area contributed by atoms with Crippen LogP contribution < -0.4 is 31.4 Å². The molecular weight excluding hydrogens is 524 g/mol. The van der Waals surface area contributed by atoms with Crippen LogP contribution in [0, 0.1) is 17.8 Å². The van der Waals surface area contributed by atoms with Crippen molar-refractivity contribution in [3.05, 3.63) is 80.5 Å². The average Bonchev–Trinajstić information content (AvgIpc) is 2.96. The molecule has 2 atom stereocenters. The van der Waals surface area contributed by atoms with Gasteiger partial charge in [0.25, 0.3) is 5.56 Å². The van der Waals surface area contributed by atoms with Crippen LogP contribution >= 0.6 is 0 Å². The van der Waals surface area contributed by atoms with Crippen molar-refractivity contribution in [2.75, 3.05) is 31.4 Å². The quantitative estimate of drug-likeness (QED) is 0.410. The molecule has 5 rings (SSSR count). The molecule has 1 amide bonds. The summed E-state index contributed by atoms with van der Waals surface area (Å²) >= 11 is 0. The van der Waals surface area contributed by atoms with Gasteiger partial charge in [0, 0.05) is 24.3 Å². The molecule has 0 aliphatic heterocycles. The molecule has 10 nitrogen and oxygen atoms in total. The number of aromatic nitrogens is 2. The number of rotatable bonds is 9. The molecule has 0 radical (unpaired) electrons. The van der Waals surface area contributed by atoms with Gasteiger partial charge in [0.1, 0.15) is 11.6 Å². The van der Waals surface area contributed by atoms with Crippen molar-refractivity contribution in [2.45, 2.75) is 45.1 Å². The molecule has 2 aromatic carbocycles. The van der Waals surface area contributed by atoms with Crippen molar-refractivity contribution in [2.24, 2.45) is 17.8 Å². The van der Waals surface area contributed by atoms with Gasteiger partial charge in [0.2, 0.25) is 5.91 Å². The molecule has 2 unspecified atom stereocenters. The van der Waals surface area contributed by atoms with E-state index in [1.807, 2.05) is 42.5 Å². The Labute approximate surface area is 238 Å². The molecule has 41 heavy (non-hydrogen) atoms.